The van der Waals surface area contributed by atoms with Crippen molar-refractivity contribution in [1.29, 1.82) is 0 Å². The Labute approximate surface area is 349 Å². The highest BCUT2D eigenvalue weighted by Crippen LogP contribution is 2.65. The molecule has 59 heavy (non-hydrogen) atoms. The third-order valence-corrected chi connectivity index (χ3v) is 12.9. The van der Waals surface area contributed by atoms with Gasteiger partial charge >= 0.3 is 0 Å². The molecule has 2 aliphatic rings. The maximum atomic E-state index is 6.63. The molecule has 0 fully saturated rings. The molecule has 10 rings (SSSR count). The molecule has 1 heterocycles. The fourth-order valence-corrected chi connectivity index (χ4v) is 10.00. The summed E-state index contributed by atoms with van der Waals surface area (Å²) in [4.78, 5) is 2.52. The smallest absolute Gasteiger partial charge is 0.137 e. The quantitative estimate of drug-likeness (QED) is 0.173. The summed E-state index contributed by atoms with van der Waals surface area (Å²) in [5, 5.41) is 2.25. The van der Waals surface area contributed by atoms with Crippen LogP contribution in [0.1, 0.15) is 88.8 Å². The van der Waals surface area contributed by atoms with Gasteiger partial charge in [-0.15, -0.1) is 0 Å². The molecule has 8 aromatic rings. The van der Waals surface area contributed by atoms with Gasteiger partial charge in [-0.3, -0.25) is 0 Å². The summed E-state index contributed by atoms with van der Waals surface area (Å²) in [6.45, 7) is 18.5. The lowest BCUT2D eigenvalue weighted by molar-refractivity contribution is 0.586. The van der Waals surface area contributed by atoms with E-state index in [0.29, 0.717) is 0 Å². The first-order valence-corrected chi connectivity index (χ1v) is 21.1. The molecule has 0 radical (unpaired) electrons. The second-order valence-electron chi connectivity index (χ2n) is 18.5. The van der Waals surface area contributed by atoms with Crippen LogP contribution in [0, 0.1) is 0 Å². The Morgan fingerprint density at radius 3 is 1.95 bits per heavy atom. The van der Waals surface area contributed by atoms with Crippen LogP contribution in [0.25, 0.3) is 49.8 Å². The van der Waals surface area contributed by atoms with Gasteiger partial charge in [0.25, 0.3) is 0 Å². The number of hydrogen-bond acceptors (Lipinski definition) is 2. The molecule has 0 aliphatic heterocycles. The molecule has 7 aromatic carbocycles. The number of nitrogens with zero attached hydrogens (tertiary/aromatic N) is 1. The minimum atomic E-state index is -0.511. The number of benzene rings is 7. The molecule has 1 atom stereocenters. The molecule has 2 nitrogen and oxygen atoms in total. The summed E-state index contributed by atoms with van der Waals surface area (Å²) in [7, 11) is 0. The number of para-hydroxylation sites is 2. The summed E-state index contributed by atoms with van der Waals surface area (Å²) in [6, 6.07) is 56.4. The third kappa shape index (κ3) is 5.53. The molecule has 1 spiro atoms. The van der Waals surface area contributed by atoms with Crippen LogP contribution in [0.2, 0.25) is 0 Å². The Kier molecular flexibility index (Phi) is 8.34. The molecular formula is C57H51NO. The van der Waals surface area contributed by atoms with E-state index in [1.807, 2.05) is 6.07 Å². The number of allylic oxidation sites excluding steroid dienone is 4. The fraction of sp³-hybridized carbons (Fsp3) is 0.193. The normalized spacial score (nSPS) is 16.1. The minimum absolute atomic E-state index is 0.0370. The van der Waals surface area contributed by atoms with Gasteiger partial charge in [-0.05, 0) is 111 Å². The average Bonchev–Trinajstić information content (AvgIpc) is 3.84. The molecule has 1 unspecified atom stereocenters. The van der Waals surface area contributed by atoms with Crippen molar-refractivity contribution in [2.45, 2.75) is 71.6 Å². The standard InChI is InChI=1S/C57H51NO/c1-9-19-46-36(2)41-22-13-16-25-47(41)57(46)48-32-38(55(3,4)5)28-30-45(48)54-49(57)33-39(56(6,7)8)34-51(54)58(50-26-17-14-23-42(50)37-20-11-10-12-21-37)40-29-31-44-43-24-15-18-27-52(43)59-53(44)35-40/h9-35H,1-8H3/b19-9-. The summed E-state index contributed by atoms with van der Waals surface area (Å²) >= 11 is 0. The van der Waals surface area contributed by atoms with Crippen LogP contribution >= 0.6 is 0 Å². The van der Waals surface area contributed by atoms with E-state index in [-0.39, 0.29) is 10.8 Å². The van der Waals surface area contributed by atoms with Crippen molar-refractivity contribution in [3.8, 4) is 22.3 Å². The molecule has 1 aromatic heterocycles. The number of fused-ring (bicyclic) bond motifs is 10. The molecule has 2 heteroatoms. The number of rotatable bonds is 5. The van der Waals surface area contributed by atoms with Crippen LogP contribution in [-0.2, 0) is 16.2 Å². The maximum Gasteiger partial charge on any atom is 0.137 e. The van der Waals surface area contributed by atoms with Gasteiger partial charge in [-0.2, -0.15) is 0 Å². The molecule has 2 aliphatic carbocycles. The predicted molar refractivity (Wildman–Crippen MR) is 250 cm³/mol. The Morgan fingerprint density at radius 2 is 1.19 bits per heavy atom. The zero-order valence-corrected chi connectivity index (χ0v) is 35.4. The van der Waals surface area contributed by atoms with Gasteiger partial charge in [-0.25, -0.2) is 0 Å². The molecule has 0 N–H and O–H groups in total. The highest BCUT2D eigenvalue weighted by Gasteiger charge is 2.53. The molecule has 0 saturated carbocycles. The van der Waals surface area contributed by atoms with Gasteiger partial charge in [0.15, 0.2) is 0 Å². The van der Waals surface area contributed by atoms with Crippen LogP contribution < -0.4 is 4.90 Å². The van der Waals surface area contributed by atoms with E-state index >= 15 is 0 Å². The summed E-state index contributed by atoms with van der Waals surface area (Å²) in [6.07, 6.45) is 4.62. The lowest BCUT2D eigenvalue weighted by atomic mass is 9.67. The second kappa shape index (κ2) is 13.3. The number of anilines is 3. The fourth-order valence-electron chi connectivity index (χ4n) is 10.00. The monoisotopic (exact) mass is 765 g/mol. The summed E-state index contributed by atoms with van der Waals surface area (Å²) in [5.41, 5.74) is 20.0. The van der Waals surface area contributed by atoms with Crippen LogP contribution in [0.15, 0.2) is 174 Å². The average molecular weight is 766 g/mol. The van der Waals surface area contributed by atoms with Crippen molar-refractivity contribution in [1.82, 2.24) is 0 Å². The van der Waals surface area contributed by atoms with Crippen LogP contribution in [0.4, 0.5) is 17.1 Å². The van der Waals surface area contributed by atoms with E-state index in [9.17, 15) is 0 Å². The molecular weight excluding hydrogens is 715 g/mol. The van der Waals surface area contributed by atoms with E-state index in [4.69, 9.17) is 4.42 Å². The zero-order valence-electron chi connectivity index (χ0n) is 35.4. The minimum Gasteiger partial charge on any atom is -0.456 e. The Bertz CT molecular complexity index is 3030. The first-order valence-electron chi connectivity index (χ1n) is 21.1. The van der Waals surface area contributed by atoms with Crippen LogP contribution in [0.5, 0.6) is 0 Å². The lowest BCUT2D eigenvalue weighted by Crippen LogP contribution is -2.28. The van der Waals surface area contributed by atoms with E-state index < -0.39 is 5.41 Å². The van der Waals surface area contributed by atoms with Crippen LogP contribution in [0.3, 0.4) is 0 Å². The van der Waals surface area contributed by atoms with Gasteiger partial charge in [-0.1, -0.05) is 169 Å². The van der Waals surface area contributed by atoms with E-state index in [1.54, 1.807) is 0 Å². The van der Waals surface area contributed by atoms with E-state index in [1.165, 1.54) is 66.8 Å². The largest absolute Gasteiger partial charge is 0.456 e. The van der Waals surface area contributed by atoms with Crippen molar-refractivity contribution in [2.75, 3.05) is 4.90 Å². The Morgan fingerprint density at radius 1 is 0.525 bits per heavy atom. The summed E-state index contributed by atoms with van der Waals surface area (Å²) in [5.74, 6) is 0. The van der Waals surface area contributed by atoms with Crippen molar-refractivity contribution >= 4 is 44.6 Å². The Hall–Kier alpha value is -6.38. The van der Waals surface area contributed by atoms with Gasteiger partial charge in [0, 0.05) is 33.7 Å². The second-order valence-corrected chi connectivity index (χ2v) is 18.5. The van der Waals surface area contributed by atoms with Crippen molar-refractivity contribution in [3.63, 3.8) is 0 Å². The van der Waals surface area contributed by atoms with Crippen molar-refractivity contribution in [3.05, 3.63) is 203 Å². The van der Waals surface area contributed by atoms with Gasteiger partial charge in [0.2, 0.25) is 0 Å². The first kappa shape index (κ1) is 36.9. The molecule has 0 amide bonds. The Balaban J connectivity index is 1.38. The van der Waals surface area contributed by atoms with Gasteiger partial charge in [0.1, 0.15) is 11.2 Å². The number of furan rings is 1. The van der Waals surface area contributed by atoms with Gasteiger partial charge < -0.3 is 9.32 Å². The topological polar surface area (TPSA) is 16.4 Å². The maximum absolute atomic E-state index is 6.63. The SMILES string of the molecule is C/C=C\C1=C(C)c2ccccc2C12c1cc(C(C)(C)C)ccc1-c1c(N(c3ccc4c(c3)oc3ccccc34)c3ccccc3-c3ccccc3)cc(C(C)(C)C)cc12. The molecule has 290 valence electrons. The molecule has 0 bridgehead atoms. The van der Waals surface area contributed by atoms with Crippen molar-refractivity contribution < 1.29 is 4.42 Å². The predicted octanol–water partition coefficient (Wildman–Crippen LogP) is 16.0. The lowest BCUT2D eigenvalue weighted by Gasteiger charge is -2.35. The third-order valence-electron chi connectivity index (χ3n) is 12.9. The van der Waals surface area contributed by atoms with E-state index in [0.717, 1.165) is 39.0 Å². The van der Waals surface area contributed by atoms with E-state index in [2.05, 4.69) is 218 Å². The van der Waals surface area contributed by atoms with Crippen molar-refractivity contribution in [2.24, 2.45) is 0 Å². The zero-order chi connectivity index (χ0) is 40.8. The molecule has 0 saturated heterocycles. The first-order chi connectivity index (χ1) is 28.4. The van der Waals surface area contributed by atoms with Crippen LogP contribution in [-0.4, -0.2) is 0 Å². The number of hydrogen-bond donors (Lipinski definition) is 0. The summed E-state index contributed by atoms with van der Waals surface area (Å²) < 4.78 is 6.63. The highest BCUT2D eigenvalue weighted by atomic mass is 16.3. The van der Waals surface area contributed by atoms with Gasteiger partial charge in [0.05, 0.1) is 16.8 Å². The highest BCUT2D eigenvalue weighted by molar-refractivity contribution is 6.08.